The van der Waals surface area contributed by atoms with Crippen LogP contribution < -0.4 is 15.5 Å². The van der Waals surface area contributed by atoms with E-state index in [1.54, 1.807) is 6.07 Å². The lowest BCUT2D eigenvalue weighted by molar-refractivity contribution is 0.255. The molecule has 0 amide bonds. The van der Waals surface area contributed by atoms with Gasteiger partial charge >= 0.3 is 0 Å². The number of hydrogen-bond donors (Lipinski definition) is 1. The van der Waals surface area contributed by atoms with Crippen LogP contribution in [0.4, 0.5) is 5.69 Å². The molecule has 20 heavy (non-hydrogen) atoms. The monoisotopic (exact) mass is 313 g/mol. The van der Waals surface area contributed by atoms with Gasteiger partial charge in [-0.25, -0.2) is 0 Å². The number of benzene rings is 1. The molecular weight excluding hydrogens is 297 g/mol. The molecule has 1 atom stereocenters. The number of hydrogen-bond acceptors (Lipinski definition) is 3. The summed E-state index contributed by atoms with van der Waals surface area (Å²) < 4.78 is 5.80. The van der Waals surface area contributed by atoms with E-state index in [2.05, 4.69) is 10.0 Å². The van der Waals surface area contributed by atoms with Crippen LogP contribution in [0.5, 0.6) is 5.75 Å². The molecule has 1 saturated heterocycles. The number of nitrogens with two attached hydrogens (primary N) is 1. The average molecular weight is 314 g/mol. The molecule has 3 rings (SSSR count). The van der Waals surface area contributed by atoms with Crippen molar-refractivity contribution in [3.8, 4) is 5.75 Å². The minimum absolute atomic E-state index is 0.114. The minimum Gasteiger partial charge on any atom is -0.488 e. The zero-order chi connectivity index (χ0) is 14.3. The Morgan fingerprint density at radius 1 is 1.35 bits per heavy atom. The van der Waals surface area contributed by atoms with E-state index in [1.165, 1.54) is 0 Å². The predicted molar refractivity (Wildman–Crippen MR) is 83.1 cm³/mol. The van der Waals surface area contributed by atoms with Crippen molar-refractivity contribution in [2.75, 3.05) is 11.4 Å². The summed E-state index contributed by atoms with van der Waals surface area (Å²) in [5, 5.41) is 5.13. The summed E-state index contributed by atoms with van der Waals surface area (Å²) in [6.45, 7) is 2.90. The second-order valence-electron chi connectivity index (χ2n) is 5.28. The predicted octanol–water partition coefficient (Wildman–Crippen LogP) is 3.58. The largest absolute Gasteiger partial charge is 0.488 e. The van der Waals surface area contributed by atoms with Crippen molar-refractivity contribution in [3.63, 3.8) is 0 Å². The van der Waals surface area contributed by atoms with Crippen molar-refractivity contribution in [1.29, 1.82) is 0 Å². The summed E-state index contributed by atoms with van der Waals surface area (Å²) in [6.07, 6.45) is 4.00. The van der Waals surface area contributed by atoms with Crippen LogP contribution in [-0.4, -0.2) is 18.5 Å². The Bertz CT molecular complexity index is 574. The number of rotatable bonds is 1. The number of piperidine rings is 1. The molecular formula is C14H17Cl2N3O. The topological polar surface area (TPSA) is 50.8 Å². The van der Waals surface area contributed by atoms with Crippen LogP contribution in [0.3, 0.4) is 0 Å². The van der Waals surface area contributed by atoms with Gasteiger partial charge in [0, 0.05) is 24.9 Å². The molecule has 1 unspecified atom stereocenters. The lowest BCUT2D eigenvalue weighted by Gasteiger charge is -2.31. The smallest absolute Gasteiger partial charge is 0.143 e. The molecule has 2 N–H and O–H groups in total. The molecule has 6 heteroatoms. The summed E-state index contributed by atoms with van der Waals surface area (Å²) >= 11 is 12.7. The van der Waals surface area contributed by atoms with E-state index in [0.29, 0.717) is 10.0 Å². The van der Waals surface area contributed by atoms with Gasteiger partial charge in [0.15, 0.2) is 0 Å². The van der Waals surface area contributed by atoms with E-state index in [0.717, 1.165) is 55.1 Å². The van der Waals surface area contributed by atoms with Crippen LogP contribution in [0.2, 0.25) is 10.0 Å². The summed E-state index contributed by atoms with van der Waals surface area (Å²) in [6, 6.07) is 1.75. The normalized spacial score (nSPS) is 23.9. The highest BCUT2D eigenvalue weighted by atomic mass is 35.5. The Balaban J connectivity index is 2.12. The van der Waals surface area contributed by atoms with Crippen molar-refractivity contribution in [2.24, 2.45) is 10.9 Å². The molecule has 2 aliphatic rings. The molecule has 0 aromatic heterocycles. The highest BCUT2D eigenvalue weighted by Crippen LogP contribution is 2.46. The number of nitrogens with zero attached hydrogens (tertiary/aromatic N) is 2. The maximum Gasteiger partial charge on any atom is 0.143 e. The summed E-state index contributed by atoms with van der Waals surface area (Å²) in [5.41, 5.74) is 2.03. The van der Waals surface area contributed by atoms with Crippen LogP contribution in [0.1, 0.15) is 31.7 Å². The van der Waals surface area contributed by atoms with E-state index in [1.807, 2.05) is 6.92 Å². The van der Waals surface area contributed by atoms with Gasteiger partial charge in [0.25, 0.3) is 0 Å². The highest BCUT2D eigenvalue weighted by Gasteiger charge is 2.31. The van der Waals surface area contributed by atoms with Gasteiger partial charge in [0.2, 0.25) is 0 Å². The Hall–Kier alpha value is -1.13. The van der Waals surface area contributed by atoms with E-state index in [9.17, 15) is 0 Å². The fourth-order valence-corrected chi connectivity index (χ4v) is 3.62. The minimum atomic E-state index is 0.114. The molecule has 1 aromatic rings. The molecule has 1 aromatic carbocycles. The summed E-state index contributed by atoms with van der Waals surface area (Å²) in [5.74, 6) is 7.16. The van der Waals surface area contributed by atoms with Crippen LogP contribution in [0.25, 0.3) is 0 Å². The Morgan fingerprint density at radius 3 is 2.90 bits per heavy atom. The zero-order valence-corrected chi connectivity index (χ0v) is 12.8. The SMILES string of the molecule is CC1Cc2c(c(Cl)cc(Cl)c2N2CCCC/C2=N\N)O1. The van der Waals surface area contributed by atoms with E-state index < -0.39 is 0 Å². The summed E-state index contributed by atoms with van der Waals surface area (Å²) in [4.78, 5) is 2.11. The maximum atomic E-state index is 6.44. The molecule has 108 valence electrons. The third kappa shape index (κ3) is 2.21. The maximum absolute atomic E-state index is 6.44. The van der Waals surface area contributed by atoms with Gasteiger partial charge in [-0.05, 0) is 25.8 Å². The van der Waals surface area contributed by atoms with Gasteiger partial charge < -0.3 is 15.5 Å². The number of hydrazone groups is 1. The fraction of sp³-hybridized carbons (Fsp3) is 0.500. The molecule has 0 spiro atoms. The Labute approximate surface area is 128 Å². The van der Waals surface area contributed by atoms with E-state index in [4.69, 9.17) is 33.8 Å². The first-order valence-electron chi connectivity index (χ1n) is 6.83. The van der Waals surface area contributed by atoms with Crippen LogP contribution >= 0.6 is 23.2 Å². The van der Waals surface area contributed by atoms with Crippen molar-refractivity contribution >= 4 is 34.7 Å². The second-order valence-corrected chi connectivity index (χ2v) is 6.10. The molecule has 2 heterocycles. The van der Waals surface area contributed by atoms with Gasteiger partial charge in [-0.3, -0.25) is 0 Å². The first kappa shape index (κ1) is 13.8. The number of ether oxygens (including phenoxy) is 1. The van der Waals surface area contributed by atoms with Crippen LogP contribution in [0.15, 0.2) is 11.2 Å². The third-order valence-electron chi connectivity index (χ3n) is 3.83. The average Bonchev–Trinajstić information content (AvgIpc) is 2.81. The van der Waals surface area contributed by atoms with Gasteiger partial charge in [0.1, 0.15) is 17.7 Å². The number of halogens is 2. The first-order valence-corrected chi connectivity index (χ1v) is 7.59. The van der Waals surface area contributed by atoms with E-state index >= 15 is 0 Å². The van der Waals surface area contributed by atoms with Gasteiger partial charge in [-0.15, -0.1) is 0 Å². The molecule has 1 fully saturated rings. The number of fused-ring (bicyclic) bond motifs is 1. The fourth-order valence-electron chi connectivity index (χ4n) is 2.97. The molecule has 0 saturated carbocycles. The molecule has 0 aliphatic carbocycles. The number of amidine groups is 1. The molecule has 4 nitrogen and oxygen atoms in total. The Morgan fingerprint density at radius 2 is 2.15 bits per heavy atom. The van der Waals surface area contributed by atoms with Crippen molar-refractivity contribution < 1.29 is 4.74 Å². The lowest BCUT2D eigenvalue weighted by Crippen LogP contribution is -2.37. The zero-order valence-electron chi connectivity index (χ0n) is 11.3. The molecule has 0 radical (unpaired) electrons. The molecule has 0 bridgehead atoms. The third-order valence-corrected chi connectivity index (χ3v) is 4.40. The number of anilines is 1. The van der Waals surface area contributed by atoms with Crippen molar-refractivity contribution in [2.45, 2.75) is 38.7 Å². The summed E-state index contributed by atoms with van der Waals surface area (Å²) in [7, 11) is 0. The van der Waals surface area contributed by atoms with Gasteiger partial charge in [-0.2, -0.15) is 5.10 Å². The van der Waals surface area contributed by atoms with Crippen LogP contribution in [-0.2, 0) is 6.42 Å². The lowest BCUT2D eigenvalue weighted by atomic mass is 10.0. The van der Waals surface area contributed by atoms with Gasteiger partial charge in [0.05, 0.1) is 15.7 Å². The highest BCUT2D eigenvalue weighted by molar-refractivity contribution is 6.38. The van der Waals surface area contributed by atoms with E-state index in [-0.39, 0.29) is 6.10 Å². The van der Waals surface area contributed by atoms with Crippen molar-refractivity contribution in [1.82, 2.24) is 0 Å². The van der Waals surface area contributed by atoms with Crippen molar-refractivity contribution in [3.05, 3.63) is 21.7 Å². The molecule has 2 aliphatic heterocycles. The Kier molecular flexibility index (Phi) is 3.69. The quantitative estimate of drug-likeness (QED) is 0.637. The standard InChI is InChI=1S/C14H17Cl2N3O/c1-8-6-9-13(10(15)7-11(16)14(9)20-8)19-5-3-2-4-12(19)18-17/h7-8H,2-6,17H2,1H3/b18-12+. The second kappa shape index (κ2) is 5.34. The van der Waals surface area contributed by atoms with Crippen LogP contribution in [0, 0.1) is 0 Å². The van der Waals surface area contributed by atoms with Gasteiger partial charge in [-0.1, -0.05) is 23.2 Å². The first-order chi connectivity index (χ1) is 9.61.